The summed E-state index contributed by atoms with van der Waals surface area (Å²) in [4.78, 5) is 22.3. The van der Waals surface area contributed by atoms with Crippen LogP contribution in [0.25, 0.3) is 0 Å². The maximum absolute atomic E-state index is 11.6. The zero-order chi connectivity index (χ0) is 15.4. The van der Waals surface area contributed by atoms with Crippen molar-refractivity contribution in [1.82, 2.24) is 5.32 Å². The molecule has 7 nitrogen and oxygen atoms in total. The number of hydrogen-bond acceptors (Lipinski definition) is 5. The molecule has 0 radical (unpaired) electrons. The van der Waals surface area contributed by atoms with Crippen LogP contribution in [0.2, 0.25) is 0 Å². The van der Waals surface area contributed by atoms with Crippen LogP contribution in [0.5, 0.6) is 0 Å². The number of rotatable bonds is 4. The minimum Gasteiger partial charge on any atom is -0.378 e. The molecule has 1 heterocycles. The van der Waals surface area contributed by atoms with Gasteiger partial charge in [-0.05, 0) is 31.9 Å². The first kappa shape index (κ1) is 15.2. The Balaban J connectivity index is 2.22. The fourth-order valence-electron chi connectivity index (χ4n) is 2.44. The van der Waals surface area contributed by atoms with Crippen LogP contribution >= 0.6 is 0 Å². The summed E-state index contributed by atoms with van der Waals surface area (Å²) < 4.78 is 5.46. The molecule has 2 unspecified atom stereocenters. The number of anilines is 1. The van der Waals surface area contributed by atoms with Gasteiger partial charge in [0.25, 0.3) is 11.6 Å². The number of nitro groups is 1. The van der Waals surface area contributed by atoms with Crippen molar-refractivity contribution in [2.24, 2.45) is 0 Å². The van der Waals surface area contributed by atoms with Crippen LogP contribution in [-0.4, -0.2) is 36.6 Å². The molecule has 2 N–H and O–H groups in total. The summed E-state index contributed by atoms with van der Waals surface area (Å²) in [5.41, 5.74) is 0.622. The second-order valence-electron chi connectivity index (χ2n) is 5.12. The van der Waals surface area contributed by atoms with E-state index >= 15 is 0 Å². The molecule has 114 valence electrons. The number of carbonyl (C=O) groups excluding carboxylic acids is 1. The van der Waals surface area contributed by atoms with Crippen LogP contribution in [0.4, 0.5) is 11.4 Å². The molecule has 21 heavy (non-hydrogen) atoms. The van der Waals surface area contributed by atoms with E-state index in [9.17, 15) is 14.9 Å². The Kier molecular flexibility index (Phi) is 4.74. The van der Waals surface area contributed by atoms with Gasteiger partial charge < -0.3 is 15.4 Å². The van der Waals surface area contributed by atoms with Crippen LogP contribution in [-0.2, 0) is 4.74 Å². The third kappa shape index (κ3) is 3.69. The van der Waals surface area contributed by atoms with Crippen molar-refractivity contribution in [2.45, 2.75) is 31.9 Å². The molecule has 1 aliphatic rings. The van der Waals surface area contributed by atoms with E-state index in [1.807, 2.05) is 6.92 Å². The lowest BCUT2D eigenvalue weighted by Crippen LogP contribution is -2.32. The zero-order valence-electron chi connectivity index (χ0n) is 12.1. The van der Waals surface area contributed by atoms with E-state index < -0.39 is 4.92 Å². The first-order chi connectivity index (χ1) is 10.0. The highest BCUT2D eigenvalue weighted by molar-refractivity contribution is 5.95. The average Bonchev–Trinajstić information content (AvgIpc) is 2.46. The fraction of sp³-hybridized carbons (Fsp3) is 0.500. The third-order valence-corrected chi connectivity index (χ3v) is 3.53. The molecule has 0 bridgehead atoms. The number of nitrogens with one attached hydrogen (secondary N) is 2. The van der Waals surface area contributed by atoms with E-state index in [-0.39, 0.29) is 29.3 Å². The minimum absolute atomic E-state index is 0.0877. The predicted octanol–water partition coefficient (Wildman–Crippen LogP) is 1.93. The molecule has 1 saturated heterocycles. The van der Waals surface area contributed by atoms with E-state index in [1.54, 1.807) is 12.1 Å². The van der Waals surface area contributed by atoms with Crippen LogP contribution in [0, 0.1) is 10.1 Å². The lowest BCUT2D eigenvalue weighted by molar-refractivity contribution is -0.384. The second kappa shape index (κ2) is 6.53. The van der Waals surface area contributed by atoms with Gasteiger partial charge in [0.05, 0.1) is 11.0 Å². The summed E-state index contributed by atoms with van der Waals surface area (Å²) >= 11 is 0. The topological polar surface area (TPSA) is 93.5 Å². The van der Waals surface area contributed by atoms with Crippen LogP contribution in [0.15, 0.2) is 18.2 Å². The van der Waals surface area contributed by atoms with E-state index in [2.05, 4.69) is 10.6 Å². The minimum atomic E-state index is -0.475. The first-order valence-electron chi connectivity index (χ1n) is 6.90. The van der Waals surface area contributed by atoms with Gasteiger partial charge >= 0.3 is 0 Å². The molecular weight excluding hydrogens is 274 g/mol. The Hall–Kier alpha value is -2.15. The number of nitrogens with zero attached hydrogens (tertiary/aromatic N) is 1. The summed E-state index contributed by atoms with van der Waals surface area (Å²) in [5.74, 6) is -0.343. The van der Waals surface area contributed by atoms with Gasteiger partial charge in [-0.25, -0.2) is 0 Å². The first-order valence-corrected chi connectivity index (χ1v) is 6.90. The van der Waals surface area contributed by atoms with Crippen molar-refractivity contribution in [3.8, 4) is 0 Å². The van der Waals surface area contributed by atoms with Crippen LogP contribution < -0.4 is 10.6 Å². The standard InChI is InChI=1S/C14H19N3O4/c1-9-7-11(5-6-21-9)16-12-4-3-10(14(18)15-2)8-13(12)17(19)20/h3-4,8-9,11,16H,5-7H2,1-2H3,(H,15,18). The quantitative estimate of drug-likeness (QED) is 0.653. The molecule has 1 aromatic carbocycles. The number of amides is 1. The lowest BCUT2D eigenvalue weighted by Gasteiger charge is -2.28. The molecule has 2 atom stereocenters. The fourth-order valence-corrected chi connectivity index (χ4v) is 2.44. The van der Waals surface area contributed by atoms with Crippen molar-refractivity contribution in [1.29, 1.82) is 0 Å². The van der Waals surface area contributed by atoms with Crippen molar-refractivity contribution in [3.05, 3.63) is 33.9 Å². The summed E-state index contributed by atoms with van der Waals surface area (Å²) in [6.07, 6.45) is 1.74. The molecule has 0 spiro atoms. The molecule has 1 aromatic rings. The number of hydrogen-bond donors (Lipinski definition) is 2. The Bertz CT molecular complexity index is 547. The third-order valence-electron chi connectivity index (χ3n) is 3.53. The van der Waals surface area contributed by atoms with E-state index in [0.29, 0.717) is 12.3 Å². The highest BCUT2D eigenvalue weighted by atomic mass is 16.6. The van der Waals surface area contributed by atoms with Gasteiger partial charge in [-0.15, -0.1) is 0 Å². The predicted molar refractivity (Wildman–Crippen MR) is 78.5 cm³/mol. The van der Waals surface area contributed by atoms with Crippen LogP contribution in [0.3, 0.4) is 0 Å². The van der Waals surface area contributed by atoms with Gasteiger partial charge in [0.15, 0.2) is 0 Å². The van der Waals surface area contributed by atoms with Gasteiger partial charge in [-0.3, -0.25) is 14.9 Å². The Labute approximate surface area is 122 Å². The van der Waals surface area contributed by atoms with Gasteiger partial charge in [0, 0.05) is 31.3 Å². The highest BCUT2D eigenvalue weighted by Gasteiger charge is 2.23. The molecule has 1 aliphatic heterocycles. The molecule has 0 aliphatic carbocycles. The summed E-state index contributed by atoms with van der Waals surface area (Å²) in [5, 5.41) is 16.8. The van der Waals surface area contributed by atoms with Gasteiger partial charge in [-0.2, -0.15) is 0 Å². The Morgan fingerprint density at radius 3 is 2.86 bits per heavy atom. The largest absolute Gasteiger partial charge is 0.378 e. The monoisotopic (exact) mass is 293 g/mol. The van der Waals surface area contributed by atoms with Crippen molar-refractivity contribution in [3.63, 3.8) is 0 Å². The number of benzene rings is 1. The van der Waals surface area contributed by atoms with Gasteiger partial charge in [0.2, 0.25) is 0 Å². The normalized spacial score (nSPS) is 21.6. The maximum atomic E-state index is 11.6. The van der Waals surface area contributed by atoms with Crippen molar-refractivity contribution >= 4 is 17.3 Å². The highest BCUT2D eigenvalue weighted by Crippen LogP contribution is 2.28. The Morgan fingerprint density at radius 2 is 2.24 bits per heavy atom. The maximum Gasteiger partial charge on any atom is 0.293 e. The molecule has 0 saturated carbocycles. The number of nitro benzene ring substituents is 1. The van der Waals surface area contributed by atoms with Gasteiger partial charge in [0.1, 0.15) is 5.69 Å². The second-order valence-corrected chi connectivity index (χ2v) is 5.12. The van der Waals surface area contributed by atoms with E-state index in [1.165, 1.54) is 13.1 Å². The molecular formula is C14H19N3O4. The summed E-state index contributed by atoms with van der Waals surface area (Å²) in [7, 11) is 1.49. The molecule has 1 amide bonds. The SMILES string of the molecule is CNC(=O)c1ccc(NC2CCOC(C)C2)c([N+](=O)[O-])c1. The van der Waals surface area contributed by atoms with Crippen LogP contribution in [0.1, 0.15) is 30.1 Å². The summed E-state index contributed by atoms with van der Waals surface area (Å²) in [6, 6.07) is 4.60. The lowest BCUT2D eigenvalue weighted by atomic mass is 10.0. The zero-order valence-corrected chi connectivity index (χ0v) is 12.1. The number of ether oxygens (including phenoxy) is 1. The van der Waals surface area contributed by atoms with Gasteiger partial charge in [-0.1, -0.05) is 0 Å². The smallest absolute Gasteiger partial charge is 0.293 e. The molecule has 2 rings (SSSR count). The molecule has 1 fully saturated rings. The molecule has 7 heteroatoms. The summed E-state index contributed by atoms with van der Waals surface area (Å²) in [6.45, 7) is 2.62. The van der Waals surface area contributed by atoms with E-state index in [4.69, 9.17) is 4.74 Å². The average molecular weight is 293 g/mol. The van der Waals surface area contributed by atoms with Crippen molar-refractivity contribution < 1.29 is 14.5 Å². The molecule has 0 aromatic heterocycles. The van der Waals surface area contributed by atoms with Crippen molar-refractivity contribution in [2.75, 3.05) is 19.0 Å². The Morgan fingerprint density at radius 1 is 1.48 bits per heavy atom. The number of carbonyl (C=O) groups is 1. The van der Waals surface area contributed by atoms with E-state index in [0.717, 1.165) is 12.8 Å².